The van der Waals surface area contributed by atoms with Crippen LogP contribution in [0.4, 0.5) is 4.39 Å². The lowest BCUT2D eigenvalue weighted by molar-refractivity contribution is -0.0228. The highest BCUT2D eigenvalue weighted by Gasteiger charge is 2.27. The van der Waals surface area contributed by atoms with Gasteiger partial charge in [-0.3, -0.25) is 4.79 Å². The van der Waals surface area contributed by atoms with Gasteiger partial charge in [-0.25, -0.2) is 9.18 Å². The van der Waals surface area contributed by atoms with Crippen LogP contribution in [0.5, 0.6) is 0 Å². The van der Waals surface area contributed by atoms with Crippen LogP contribution >= 0.6 is 11.6 Å². The number of amides is 1. The molecule has 2 aromatic carbocycles. The number of halogens is 2. The number of aryl methyl sites for hydroxylation is 1. The smallest absolute Gasteiger partial charge is 0.335 e. The van der Waals surface area contributed by atoms with Crippen molar-refractivity contribution in [3.05, 3.63) is 69.5 Å². The summed E-state index contributed by atoms with van der Waals surface area (Å²) < 4.78 is 19.0. The van der Waals surface area contributed by atoms with E-state index in [0.29, 0.717) is 29.8 Å². The van der Waals surface area contributed by atoms with Crippen LogP contribution in [0.15, 0.2) is 36.4 Å². The second-order valence-electron chi connectivity index (χ2n) is 6.18. The quantitative estimate of drug-likeness (QED) is 0.885. The molecule has 1 N–H and O–H groups in total. The lowest BCUT2D eigenvalue weighted by Gasteiger charge is -2.33. The summed E-state index contributed by atoms with van der Waals surface area (Å²) in [6.07, 6.45) is -0.422. The highest BCUT2D eigenvalue weighted by Crippen LogP contribution is 2.27. The van der Waals surface area contributed by atoms with E-state index in [9.17, 15) is 19.1 Å². The van der Waals surface area contributed by atoms with Crippen LogP contribution in [-0.2, 0) is 4.74 Å². The predicted octanol–water partition coefficient (Wildman–Crippen LogP) is 3.70. The van der Waals surface area contributed by atoms with Crippen LogP contribution in [-0.4, -0.2) is 41.6 Å². The second-order valence-corrected chi connectivity index (χ2v) is 6.58. The molecular weight excluding hydrogens is 361 g/mol. The molecule has 2 aromatic rings. The summed E-state index contributed by atoms with van der Waals surface area (Å²) in [6.45, 7) is 2.73. The van der Waals surface area contributed by atoms with Gasteiger partial charge >= 0.3 is 5.97 Å². The number of rotatable bonds is 3. The zero-order valence-corrected chi connectivity index (χ0v) is 14.8. The molecule has 0 aliphatic carbocycles. The molecule has 26 heavy (non-hydrogen) atoms. The molecule has 1 aliphatic rings. The number of nitrogens with zero attached hydrogens (tertiary/aromatic N) is 1. The molecule has 3 rings (SSSR count). The maximum atomic E-state index is 13.3. The summed E-state index contributed by atoms with van der Waals surface area (Å²) in [5.74, 6) is -1.86. The van der Waals surface area contributed by atoms with Gasteiger partial charge in [-0.1, -0.05) is 17.7 Å². The Morgan fingerprint density at radius 3 is 2.65 bits per heavy atom. The largest absolute Gasteiger partial charge is 0.478 e. The molecule has 0 spiro atoms. The summed E-state index contributed by atoms with van der Waals surface area (Å²) in [4.78, 5) is 25.6. The fraction of sp³-hybridized carbons (Fsp3) is 0.263. The third-order valence-corrected chi connectivity index (χ3v) is 4.53. The van der Waals surface area contributed by atoms with E-state index in [1.807, 2.05) is 0 Å². The Balaban J connectivity index is 1.82. The average molecular weight is 378 g/mol. The third kappa shape index (κ3) is 3.86. The number of ether oxygens (including phenoxy) is 1. The van der Waals surface area contributed by atoms with Gasteiger partial charge in [-0.05, 0) is 48.4 Å². The van der Waals surface area contributed by atoms with Gasteiger partial charge < -0.3 is 14.7 Å². The normalized spacial score (nSPS) is 17.2. The van der Waals surface area contributed by atoms with Crippen molar-refractivity contribution in [1.82, 2.24) is 4.90 Å². The Morgan fingerprint density at radius 1 is 1.23 bits per heavy atom. The van der Waals surface area contributed by atoms with Crippen molar-refractivity contribution in [3.63, 3.8) is 0 Å². The van der Waals surface area contributed by atoms with Crippen LogP contribution in [0, 0.1) is 12.7 Å². The molecule has 0 radical (unpaired) electrons. The Hall–Kier alpha value is -2.44. The minimum absolute atomic E-state index is 0.000617. The summed E-state index contributed by atoms with van der Waals surface area (Å²) in [6, 6.07) is 8.88. The standard InChI is InChI=1S/C19H17ClFNO4/c1-11-6-13(8-14(7-11)19(24)25)18(23)22-4-5-26-17(10-22)12-2-3-16(21)15(20)9-12/h2-3,6-9,17H,4-5,10H2,1H3,(H,24,25). The van der Waals surface area contributed by atoms with Gasteiger partial charge in [0, 0.05) is 12.1 Å². The topological polar surface area (TPSA) is 66.8 Å². The monoisotopic (exact) mass is 377 g/mol. The first-order chi connectivity index (χ1) is 12.3. The lowest BCUT2D eigenvalue weighted by Crippen LogP contribution is -2.42. The Bertz CT molecular complexity index is 871. The third-order valence-electron chi connectivity index (χ3n) is 4.24. The van der Waals surface area contributed by atoms with Crippen molar-refractivity contribution in [3.8, 4) is 0 Å². The van der Waals surface area contributed by atoms with Crippen molar-refractivity contribution >= 4 is 23.5 Å². The first-order valence-electron chi connectivity index (χ1n) is 8.06. The van der Waals surface area contributed by atoms with E-state index >= 15 is 0 Å². The first-order valence-corrected chi connectivity index (χ1v) is 8.44. The highest BCUT2D eigenvalue weighted by atomic mass is 35.5. The predicted molar refractivity (Wildman–Crippen MR) is 94.1 cm³/mol. The Morgan fingerprint density at radius 2 is 1.96 bits per heavy atom. The molecule has 0 bridgehead atoms. The van der Waals surface area contributed by atoms with E-state index in [0.717, 1.165) is 0 Å². The van der Waals surface area contributed by atoms with Crippen LogP contribution in [0.3, 0.4) is 0 Å². The number of morpholine rings is 1. The summed E-state index contributed by atoms with van der Waals surface area (Å²) >= 11 is 5.83. The molecule has 7 heteroatoms. The molecule has 1 aliphatic heterocycles. The molecular formula is C19H17ClFNO4. The van der Waals surface area contributed by atoms with Crippen LogP contribution < -0.4 is 0 Å². The van der Waals surface area contributed by atoms with Crippen LogP contribution in [0.25, 0.3) is 0 Å². The number of benzene rings is 2. The zero-order chi connectivity index (χ0) is 18.8. The fourth-order valence-electron chi connectivity index (χ4n) is 2.96. The number of carbonyl (C=O) groups excluding carboxylic acids is 1. The van der Waals surface area contributed by atoms with E-state index in [-0.39, 0.29) is 23.0 Å². The summed E-state index contributed by atoms with van der Waals surface area (Å²) in [7, 11) is 0. The van der Waals surface area contributed by atoms with Crippen LogP contribution in [0.2, 0.25) is 5.02 Å². The number of hydrogen-bond acceptors (Lipinski definition) is 3. The Kier molecular flexibility index (Phi) is 5.25. The van der Waals surface area contributed by atoms with Crippen molar-refractivity contribution in [2.24, 2.45) is 0 Å². The van der Waals surface area contributed by atoms with Gasteiger partial charge in [0.15, 0.2) is 0 Å². The van der Waals surface area contributed by atoms with Crippen LogP contribution in [0.1, 0.15) is 37.9 Å². The second kappa shape index (κ2) is 7.43. The van der Waals surface area contributed by atoms with Crippen molar-refractivity contribution in [2.75, 3.05) is 19.7 Å². The summed E-state index contributed by atoms with van der Waals surface area (Å²) in [5, 5.41) is 9.18. The van der Waals surface area contributed by atoms with Gasteiger partial charge in [0.2, 0.25) is 0 Å². The van der Waals surface area contributed by atoms with E-state index in [1.165, 1.54) is 24.3 Å². The number of carboxylic acids is 1. The van der Waals surface area contributed by atoms with Crippen molar-refractivity contribution in [1.29, 1.82) is 0 Å². The van der Waals surface area contributed by atoms with Gasteiger partial charge in [-0.15, -0.1) is 0 Å². The first kappa shape index (κ1) is 18.4. The SMILES string of the molecule is Cc1cc(C(=O)O)cc(C(=O)N2CCOC(c3ccc(F)c(Cl)c3)C2)c1. The van der Waals surface area contributed by atoms with E-state index in [2.05, 4.69) is 0 Å². The lowest BCUT2D eigenvalue weighted by atomic mass is 10.0. The van der Waals surface area contributed by atoms with E-state index < -0.39 is 17.9 Å². The van der Waals surface area contributed by atoms with Crippen molar-refractivity contribution < 1.29 is 23.8 Å². The zero-order valence-electron chi connectivity index (χ0n) is 14.0. The molecule has 0 aromatic heterocycles. The number of carbonyl (C=O) groups is 2. The van der Waals surface area contributed by atoms with Gasteiger partial charge in [0.1, 0.15) is 11.9 Å². The minimum Gasteiger partial charge on any atom is -0.478 e. The molecule has 1 atom stereocenters. The maximum absolute atomic E-state index is 13.3. The van der Waals surface area contributed by atoms with E-state index in [1.54, 1.807) is 24.0 Å². The molecule has 0 saturated carbocycles. The summed E-state index contributed by atoms with van der Waals surface area (Å²) in [5.41, 5.74) is 1.77. The number of hydrogen-bond donors (Lipinski definition) is 1. The molecule has 1 amide bonds. The highest BCUT2D eigenvalue weighted by molar-refractivity contribution is 6.30. The van der Waals surface area contributed by atoms with Crippen molar-refractivity contribution in [2.45, 2.75) is 13.0 Å². The Labute approximate surface area is 154 Å². The number of aromatic carboxylic acids is 1. The van der Waals surface area contributed by atoms with Gasteiger partial charge in [0.05, 0.1) is 23.7 Å². The molecule has 1 unspecified atom stereocenters. The molecule has 5 nitrogen and oxygen atoms in total. The molecule has 136 valence electrons. The van der Waals surface area contributed by atoms with E-state index in [4.69, 9.17) is 16.3 Å². The van der Waals surface area contributed by atoms with Gasteiger partial charge in [-0.2, -0.15) is 0 Å². The molecule has 1 saturated heterocycles. The fourth-order valence-corrected chi connectivity index (χ4v) is 3.15. The number of carboxylic acid groups (broad SMARTS) is 1. The minimum atomic E-state index is -1.08. The molecule has 1 fully saturated rings. The maximum Gasteiger partial charge on any atom is 0.335 e. The molecule has 1 heterocycles. The van der Waals surface area contributed by atoms with Gasteiger partial charge in [0.25, 0.3) is 5.91 Å². The average Bonchev–Trinajstić information content (AvgIpc) is 2.63.